The van der Waals surface area contributed by atoms with Crippen LogP contribution in [0, 0.1) is 0 Å². The predicted octanol–water partition coefficient (Wildman–Crippen LogP) is 2.33. The van der Waals surface area contributed by atoms with Gasteiger partial charge in [0.15, 0.2) is 0 Å². The first-order valence-corrected chi connectivity index (χ1v) is 9.56. The number of imidazole rings is 1. The zero-order valence-electron chi connectivity index (χ0n) is 16.1. The number of hydrogen-bond acceptors (Lipinski definition) is 5. The van der Waals surface area contributed by atoms with Gasteiger partial charge < -0.3 is 20.4 Å². The van der Waals surface area contributed by atoms with Crippen LogP contribution in [0.1, 0.15) is 48.5 Å². The summed E-state index contributed by atoms with van der Waals surface area (Å²) in [5.74, 6) is 1.81. The fourth-order valence-electron chi connectivity index (χ4n) is 3.85. The number of alkyl halides is 1. The van der Waals surface area contributed by atoms with Crippen LogP contribution in [0.25, 0.3) is 0 Å². The summed E-state index contributed by atoms with van der Waals surface area (Å²) in [6, 6.07) is 4.29. The van der Waals surface area contributed by atoms with Crippen molar-refractivity contribution in [3.8, 4) is 5.75 Å². The summed E-state index contributed by atoms with van der Waals surface area (Å²) in [4.78, 5) is 20.0. The number of carbonyl (C=O) groups is 1. The summed E-state index contributed by atoms with van der Waals surface area (Å²) < 4.78 is 21.5. The van der Waals surface area contributed by atoms with Crippen molar-refractivity contribution in [2.45, 2.75) is 52.5 Å². The molecule has 0 aliphatic carbocycles. The first kappa shape index (κ1) is 18.5. The highest BCUT2D eigenvalue weighted by molar-refractivity contribution is 6.02. The topological polar surface area (TPSA) is 94.5 Å². The normalized spacial score (nSPS) is 17.4. The van der Waals surface area contributed by atoms with E-state index < -0.39 is 12.3 Å². The predicted molar refractivity (Wildman–Crippen MR) is 105 cm³/mol. The smallest absolute Gasteiger partial charge is 0.265 e. The zero-order valence-corrected chi connectivity index (χ0v) is 16.1. The van der Waals surface area contributed by atoms with E-state index in [1.807, 2.05) is 4.57 Å². The van der Waals surface area contributed by atoms with Crippen LogP contribution < -0.4 is 15.8 Å². The van der Waals surface area contributed by atoms with Crippen LogP contribution in [0.15, 0.2) is 17.1 Å². The Morgan fingerprint density at radius 1 is 1.43 bits per heavy atom. The summed E-state index contributed by atoms with van der Waals surface area (Å²) in [7, 11) is 0. The van der Waals surface area contributed by atoms with Gasteiger partial charge in [0.1, 0.15) is 23.1 Å². The molecule has 1 atom stereocenters. The van der Waals surface area contributed by atoms with Crippen molar-refractivity contribution in [1.29, 1.82) is 0 Å². The molecule has 4 rings (SSSR count). The molecule has 0 fully saturated rings. The molecule has 1 aromatic carbocycles. The molecule has 2 aromatic rings. The highest BCUT2D eigenvalue weighted by Gasteiger charge is 2.26. The lowest BCUT2D eigenvalue weighted by Gasteiger charge is -2.18. The Kier molecular flexibility index (Phi) is 4.78. The number of nitrogens with one attached hydrogen (secondary N) is 1. The lowest BCUT2D eigenvalue weighted by molar-refractivity contribution is -0.118. The quantitative estimate of drug-likeness (QED) is 0.746. The number of benzene rings is 1. The minimum Gasteiger partial charge on any atom is -0.493 e. The largest absolute Gasteiger partial charge is 0.493 e. The first-order chi connectivity index (χ1) is 13.5. The minimum atomic E-state index is -1.52. The average molecular weight is 385 g/mol. The molecule has 0 saturated heterocycles. The van der Waals surface area contributed by atoms with Crippen molar-refractivity contribution in [1.82, 2.24) is 9.55 Å². The molecule has 2 aliphatic rings. The summed E-state index contributed by atoms with van der Waals surface area (Å²) >= 11 is 0. The second kappa shape index (κ2) is 7.26. The second-order valence-corrected chi connectivity index (χ2v) is 7.15. The van der Waals surface area contributed by atoms with Gasteiger partial charge in [-0.1, -0.05) is 13.0 Å². The third-order valence-electron chi connectivity index (χ3n) is 5.28. The van der Waals surface area contributed by atoms with E-state index in [2.05, 4.69) is 29.4 Å². The van der Waals surface area contributed by atoms with E-state index >= 15 is 0 Å². The van der Waals surface area contributed by atoms with Crippen LogP contribution in [0.2, 0.25) is 0 Å². The van der Waals surface area contributed by atoms with E-state index in [1.165, 1.54) is 11.1 Å². The molecular weight excluding hydrogens is 361 g/mol. The molecule has 1 aromatic heterocycles. The molecule has 148 valence electrons. The van der Waals surface area contributed by atoms with Crippen molar-refractivity contribution in [3.63, 3.8) is 0 Å². The Balaban J connectivity index is 1.75. The van der Waals surface area contributed by atoms with Crippen LogP contribution in [-0.2, 0) is 30.6 Å². The van der Waals surface area contributed by atoms with Gasteiger partial charge in [-0.25, -0.2) is 9.98 Å². The molecule has 3 heterocycles. The van der Waals surface area contributed by atoms with Crippen molar-refractivity contribution < 1.29 is 13.9 Å². The molecule has 1 unspecified atom stereocenters. The number of halogens is 1. The average Bonchev–Trinajstić information content (AvgIpc) is 3.23. The summed E-state index contributed by atoms with van der Waals surface area (Å²) in [6.45, 7) is 4.91. The second-order valence-electron chi connectivity index (χ2n) is 7.15. The van der Waals surface area contributed by atoms with Gasteiger partial charge in [0, 0.05) is 25.8 Å². The van der Waals surface area contributed by atoms with Gasteiger partial charge in [0.25, 0.3) is 6.42 Å². The van der Waals surface area contributed by atoms with Gasteiger partial charge in [0.2, 0.25) is 5.91 Å². The highest BCUT2D eigenvalue weighted by atomic mass is 19.1. The van der Waals surface area contributed by atoms with Crippen LogP contribution in [0.5, 0.6) is 5.75 Å². The van der Waals surface area contributed by atoms with Gasteiger partial charge in [-0.2, -0.15) is 4.39 Å². The lowest BCUT2D eigenvalue weighted by atomic mass is 9.98. The number of fused-ring (bicyclic) bond motifs is 2. The van der Waals surface area contributed by atoms with Gasteiger partial charge in [-0.15, -0.1) is 0 Å². The third kappa shape index (κ3) is 3.34. The summed E-state index contributed by atoms with van der Waals surface area (Å²) in [6.07, 6.45) is 1.01. The Morgan fingerprint density at radius 2 is 2.25 bits per heavy atom. The number of amides is 1. The zero-order chi connectivity index (χ0) is 19.8. The minimum absolute atomic E-state index is 0.151. The Morgan fingerprint density at radius 3 is 3.00 bits per heavy atom. The fraction of sp³-hybridized carbons (Fsp3) is 0.450. The van der Waals surface area contributed by atoms with Crippen LogP contribution in [-0.4, -0.2) is 34.2 Å². The number of rotatable bonds is 6. The van der Waals surface area contributed by atoms with Crippen molar-refractivity contribution in [3.05, 3.63) is 40.3 Å². The molecule has 3 N–H and O–H groups in total. The monoisotopic (exact) mass is 385 g/mol. The Labute approximate surface area is 162 Å². The standard InChI is InChI=1S/C20H24FN5O2/c1-3-12-8-13-5-7-28-15(13)9-14(12)10-17-24-18-11(2)23-20(21)25-19(18)26(17)6-4-16(22)27/h8-9,20,25H,3-7,10H2,1-2H3,(H2,22,27). The molecule has 28 heavy (non-hydrogen) atoms. The number of anilines is 1. The van der Waals surface area contributed by atoms with Crippen LogP contribution in [0.4, 0.5) is 10.2 Å². The number of primary amides is 1. The number of nitrogens with two attached hydrogens (primary N) is 1. The molecule has 2 aliphatic heterocycles. The molecule has 7 nitrogen and oxygen atoms in total. The Hall–Kier alpha value is -2.90. The SMILES string of the molecule is CCc1cc2c(cc1Cc1nc3c(n1CCC(N)=O)NC(F)N=C3C)OCC2. The van der Waals surface area contributed by atoms with Gasteiger partial charge in [-0.3, -0.25) is 4.79 Å². The number of carbonyl (C=O) groups excluding carboxylic acids is 1. The van der Waals surface area contributed by atoms with Gasteiger partial charge in [0.05, 0.1) is 12.3 Å². The van der Waals surface area contributed by atoms with Gasteiger partial charge in [-0.05, 0) is 36.1 Å². The number of hydrogen-bond donors (Lipinski definition) is 2. The molecule has 1 amide bonds. The lowest BCUT2D eigenvalue weighted by Crippen LogP contribution is -2.23. The van der Waals surface area contributed by atoms with E-state index in [4.69, 9.17) is 15.5 Å². The maximum atomic E-state index is 13.9. The van der Waals surface area contributed by atoms with Crippen LogP contribution in [0.3, 0.4) is 0 Å². The summed E-state index contributed by atoms with van der Waals surface area (Å²) in [5.41, 5.74) is 10.1. The van der Waals surface area contributed by atoms with Crippen molar-refractivity contribution in [2.24, 2.45) is 10.7 Å². The van der Waals surface area contributed by atoms with Gasteiger partial charge >= 0.3 is 0 Å². The van der Waals surface area contributed by atoms with Crippen molar-refractivity contribution in [2.75, 3.05) is 11.9 Å². The molecule has 0 spiro atoms. The molecular formula is C20H24FN5O2. The number of ether oxygens (including phenoxy) is 1. The molecule has 0 bridgehead atoms. The maximum absolute atomic E-state index is 13.9. The third-order valence-corrected chi connectivity index (χ3v) is 5.28. The Bertz CT molecular complexity index is 966. The summed E-state index contributed by atoms with van der Waals surface area (Å²) in [5, 5.41) is 2.73. The van der Waals surface area contributed by atoms with Crippen LogP contribution >= 0.6 is 0 Å². The first-order valence-electron chi connectivity index (χ1n) is 9.56. The number of aryl methyl sites for hydroxylation is 1. The maximum Gasteiger partial charge on any atom is 0.265 e. The molecule has 0 saturated carbocycles. The highest BCUT2D eigenvalue weighted by Crippen LogP contribution is 2.32. The number of aliphatic imine (C=N–C) groups is 1. The van der Waals surface area contributed by atoms with E-state index in [0.29, 0.717) is 36.8 Å². The number of nitrogens with zero attached hydrogens (tertiary/aromatic N) is 3. The molecule has 0 radical (unpaired) electrons. The van der Waals surface area contributed by atoms with E-state index in [9.17, 15) is 9.18 Å². The van der Waals surface area contributed by atoms with E-state index in [1.54, 1.807) is 6.92 Å². The van der Waals surface area contributed by atoms with Crippen molar-refractivity contribution >= 4 is 17.4 Å². The van der Waals surface area contributed by atoms with E-state index in [-0.39, 0.29) is 6.42 Å². The molecule has 8 heteroatoms. The number of aromatic nitrogens is 2. The fourth-order valence-corrected chi connectivity index (χ4v) is 3.85. The van der Waals surface area contributed by atoms with E-state index in [0.717, 1.165) is 30.0 Å².